The number of hydrogen-bond donors (Lipinski definition) is 1. The van der Waals surface area contributed by atoms with Crippen LogP contribution in [0.3, 0.4) is 0 Å². The first kappa shape index (κ1) is 25.5. The molecule has 0 radical (unpaired) electrons. The highest BCUT2D eigenvalue weighted by atomic mass is 35.5. The second-order valence-electron chi connectivity index (χ2n) is 11.4. The van der Waals surface area contributed by atoms with Crippen LogP contribution < -0.4 is 0 Å². The van der Waals surface area contributed by atoms with Crippen LogP contribution in [0.25, 0.3) is 0 Å². The lowest BCUT2D eigenvalue weighted by Crippen LogP contribution is -2.48. The van der Waals surface area contributed by atoms with E-state index in [9.17, 15) is 14.3 Å². The Morgan fingerprint density at radius 1 is 1.12 bits per heavy atom. The molecule has 180 valence electrons. The molecule has 0 aromatic heterocycles. The zero-order chi connectivity index (χ0) is 23.3. The molecule has 0 amide bonds. The number of benzene rings is 1. The standard InChI is InChI=1S/C27H41ClFNO2/c1-27(2,3)14-15-30(18-19-8-5-4-6-9-19)24-11-7-10-20(17-25(31)32)26(24)21-12-13-23(29)22(28)16-21/h12-13,16,19-20,24,26H,4-11,14-15,17-18H2,1-3H3,(H,31,32). The van der Waals surface area contributed by atoms with Crippen molar-refractivity contribution in [2.75, 3.05) is 13.1 Å². The molecule has 3 rings (SSSR count). The number of rotatable bonds is 8. The van der Waals surface area contributed by atoms with Crippen LogP contribution in [0.5, 0.6) is 0 Å². The normalized spacial score (nSPS) is 25.2. The van der Waals surface area contributed by atoms with Gasteiger partial charge in [-0.05, 0) is 73.6 Å². The molecule has 1 aromatic rings. The summed E-state index contributed by atoms with van der Waals surface area (Å²) in [5.74, 6) is -0.314. The van der Waals surface area contributed by atoms with Crippen LogP contribution in [0.1, 0.15) is 96.5 Å². The quantitative estimate of drug-likeness (QED) is 0.431. The van der Waals surface area contributed by atoms with Crippen molar-refractivity contribution in [3.05, 3.63) is 34.6 Å². The molecule has 3 unspecified atom stereocenters. The molecule has 1 N–H and O–H groups in total. The van der Waals surface area contributed by atoms with E-state index in [-0.39, 0.29) is 34.7 Å². The predicted octanol–water partition coefficient (Wildman–Crippen LogP) is 7.52. The Morgan fingerprint density at radius 3 is 2.47 bits per heavy atom. The number of aliphatic carboxylic acids is 1. The van der Waals surface area contributed by atoms with Crippen LogP contribution in [0, 0.1) is 23.1 Å². The molecule has 2 aliphatic rings. The summed E-state index contributed by atoms with van der Waals surface area (Å²) in [5.41, 5.74) is 1.24. The summed E-state index contributed by atoms with van der Waals surface area (Å²) < 4.78 is 14.0. The van der Waals surface area contributed by atoms with E-state index in [1.54, 1.807) is 6.07 Å². The molecule has 32 heavy (non-hydrogen) atoms. The van der Waals surface area contributed by atoms with Gasteiger partial charge in [0.15, 0.2) is 0 Å². The zero-order valence-corrected chi connectivity index (χ0v) is 20.8. The summed E-state index contributed by atoms with van der Waals surface area (Å²) in [6, 6.07) is 5.31. The zero-order valence-electron chi connectivity index (χ0n) is 20.1. The fraction of sp³-hybridized carbons (Fsp3) is 0.741. The van der Waals surface area contributed by atoms with Gasteiger partial charge in [0.05, 0.1) is 5.02 Å². The minimum absolute atomic E-state index is 0.0521. The van der Waals surface area contributed by atoms with Gasteiger partial charge in [0.2, 0.25) is 0 Å². The fourth-order valence-corrected chi connectivity index (χ4v) is 6.10. The van der Waals surface area contributed by atoms with Gasteiger partial charge in [-0.25, -0.2) is 4.39 Å². The molecule has 2 aliphatic carbocycles. The van der Waals surface area contributed by atoms with Crippen LogP contribution in [0.4, 0.5) is 4.39 Å². The Hall–Kier alpha value is -1.13. The van der Waals surface area contributed by atoms with E-state index in [0.717, 1.165) is 50.3 Å². The Kier molecular flexibility index (Phi) is 9.03. The summed E-state index contributed by atoms with van der Waals surface area (Å²) >= 11 is 6.19. The number of nitrogens with zero attached hydrogens (tertiary/aromatic N) is 1. The highest BCUT2D eigenvalue weighted by Crippen LogP contribution is 2.44. The van der Waals surface area contributed by atoms with E-state index >= 15 is 0 Å². The maximum Gasteiger partial charge on any atom is 0.303 e. The van der Waals surface area contributed by atoms with Crippen LogP contribution >= 0.6 is 11.6 Å². The minimum Gasteiger partial charge on any atom is -0.481 e. The molecule has 2 fully saturated rings. The number of carboxylic acid groups (broad SMARTS) is 1. The fourth-order valence-electron chi connectivity index (χ4n) is 5.91. The van der Waals surface area contributed by atoms with Gasteiger partial charge in [-0.1, -0.05) is 64.1 Å². The second-order valence-corrected chi connectivity index (χ2v) is 11.8. The summed E-state index contributed by atoms with van der Waals surface area (Å²) in [6.45, 7) is 8.98. The van der Waals surface area contributed by atoms with Gasteiger partial charge in [0, 0.05) is 24.9 Å². The monoisotopic (exact) mass is 465 g/mol. The van der Waals surface area contributed by atoms with Crippen molar-refractivity contribution in [3.63, 3.8) is 0 Å². The minimum atomic E-state index is -0.748. The topological polar surface area (TPSA) is 40.5 Å². The maximum atomic E-state index is 14.0. The SMILES string of the molecule is CC(C)(C)CCN(CC1CCCCC1)C1CCCC(CC(=O)O)C1c1ccc(F)c(Cl)c1. The van der Waals surface area contributed by atoms with Crippen molar-refractivity contribution in [2.45, 2.75) is 96.9 Å². The lowest BCUT2D eigenvalue weighted by atomic mass is 9.70. The highest BCUT2D eigenvalue weighted by Gasteiger charge is 2.39. The first-order valence-corrected chi connectivity index (χ1v) is 12.9. The van der Waals surface area contributed by atoms with Gasteiger partial charge in [0.1, 0.15) is 5.82 Å². The van der Waals surface area contributed by atoms with Gasteiger partial charge in [-0.2, -0.15) is 0 Å². The van der Waals surface area contributed by atoms with Crippen LogP contribution in [0.2, 0.25) is 5.02 Å². The third-order valence-corrected chi connectivity index (χ3v) is 7.89. The van der Waals surface area contributed by atoms with E-state index < -0.39 is 11.8 Å². The largest absolute Gasteiger partial charge is 0.481 e. The van der Waals surface area contributed by atoms with Crippen molar-refractivity contribution >= 4 is 17.6 Å². The molecule has 0 spiro atoms. The van der Waals surface area contributed by atoms with Crippen molar-refractivity contribution in [2.24, 2.45) is 17.3 Å². The van der Waals surface area contributed by atoms with Crippen molar-refractivity contribution in [1.82, 2.24) is 4.90 Å². The Balaban J connectivity index is 1.92. The second kappa shape index (κ2) is 11.3. The van der Waals surface area contributed by atoms with E-state index in [4.69, 9.17) is 11.6 Å². The molecule has 0 heterocycles. The lowest BCUT2D eigenvalue weighted by Gasteiger charge is -2.46. The van der Waals surface area contributed by atoms with Crippen molar-refractivity contribution in [3.8, 4) is 0 Å². The average molecular weight is 466 g/mol. The molecule has 2 saturated carbocycles. The molecule has 0 saturated heterocycles. The van der Waals surface area contributed by atoms with Gasteiger partial charge in [-0.15, -0.1) is 0 Å². The number of halogens is 2. The van der Waals surface area contributed by atoms with E-state index in [2.05, 4.69) is 25.7 Å². The molecule has 0 bridgehead atoms. The Bertz CT molecular complexity index is 757. The molecular formula is C27H41ClFNO2. The maximum absolute atomic E-state index is 14.0. The smallest absolute Gasteiger partial charge is 0.303 e. The molecule has 0 aliphatic heterocycles. The number of hydrogen-bond acceptors (Lipinski definition) is 2. The molecule has 5 heteroatoms. The molecular weight excluding hydrogens is 425 g/mol. The summed E-state index contributed by atoms with van der Waals surface area (Å²) in [5, 5.41) is 9.76. The van der Waals surface area contributed by atoms with Gasteiger partial charge >= 0.3 is 5.97 Å². The third-order valence-electron chi connectivity index (χ3n) is 7.60. The number of carboxylic acids is 1. The Labute approximate surface area is 198 Å². The predicted molar refractivity (Wildman–Crippen MR) is 130 cm³/mol. The van der Waals surface area contributed by atoms with Gasteiger partial charge < -0.3 is 5.11 Å². The molecule has 3 nitrogen and oxygen atoms in total. The van der Waals surface area contributed by atoms with Crippen LogP contribution in [-0.2, 0) is 4.79 Å². The van der Waals surface area contributed by atoms with E-state index in [1.165, 1.54) is 38.2 Å². The summed E-state index contributed by atoms with van der Waals surface area (Å²) in [6.07, 6.45) is 10.9. The summed E-state index contributed by atoms with van der Waals surface area (Å²) in [4.78, 5) is 14.4. The average Bonchev–Trinajstić information content (AvgIpc) is 2.73. The first-order chi connectivity index (χ1) is 15.1. The van der Waals surface area contributed by atoms with E-state index in [0.29, 0.717) is 0 Å². The molecule has 1 aromatic carbocycles. The van der Waals surface area contributed by atoms with Crippen molar-refractivity contribution in [1.29, 1.82) is 0 Å². The van der Waals surface area contributed by atoms with E-state index in [1.807, 2.05) is 6.07 Å². The number of carbonyl (C=O) groups is 1. The highest BCUT2D eigenvalue weighted by molar-refractivity contribution is 6.30. The van der Waals surface area contributed by atoms with Crippen LogP contribution in [-0.4, -0.2) is 35.1 Å². The van der Waals surface area contributed by atoms with Crippen LogP contribution in [0.15, 0.2) is 18.2 Å². The lowest BCUT2D eigenvalue weighted by molar-refractivity contribution is -0.138. The van der Waals surface area contributed by atoms with Gasteiger partial charge in [-0.3, -0.25) is 9.69 Å². The molecule has 3 atom stereocenters. The summed E-state index contributed by atoms with van der Waals surface area (Å²) in [7, 11) is 0. The van der Waals surface area contributed by atoms with Gasteiger partial charge in [0.25, 0.3) is 0 Å². The van der Waals surface area contributed by atoms with Crippen molar-refractivity contribution < 1.29 is 14.3 Å². The third kappa shape index (κ3) is 7.18. The first-order valence-electron chi connectivity index (χ1n) is 12.5. The Morgan fingerprint density at radius 2 is 1.84 bits per heavy atom.